The molecule has 1 atom stereocenters. The lowest BCUT2D eigenvalue weighted by Gasteiger charge is -2.25. The number of rotatable bonds is 3. The summed E-state index contributed by atoms with van der Waals surface area (Å²) in [7, 11) is 0. The highest BCUT2D eigenvalue weighted by Crippen LogP contribution is 2.32. The zero-order valence-corrected chi connectivity index (χ0v) is 16.1. The van der Waals surface area contributed by atoms with Crippen molar-refractivity contribution in [3.63, 3.8) is 0 Å². The third-order valence-corrected chi connectivity index (χ3v) is 5.21. The second kappa shape index (κ2) is 6.96. The van der Waals surface area contributed by atoms with Crippen molar-refractivity contribution < 1.29 is 13.7 Å². The Morgan fingerprint density at radius 3 is 2.82 bits per heavy atom. The van der Waals surface area contributed by atoms with Crippen LogP contribution in [0.3, 0.4) is 0 Å². The molecule has 0 radical (unpaired) electrons. The molecular weight excluding hydrogens is 427 g/mol. The fourth-order valence-corrected chi connectivity index (χ4v) is 3.51. The van der Waals surface area contributed by atoms with Crippen LogP contribution in [0.4, 0.5) is 4.39 Å². The van der Waals surface area contributed by atoms with Gasteiger partial charge in [0.05, 0.1) is 25.2 Å². The van der Waals surface area contributed by atoms with Crippen LogP contribution in [-0.2, 0) is 17.9 Å². The molecule has 0 N–H and O–H groups in total. The third-order valence-electron chi connectivity index (χ3n) is 4.68. The minimum absolute atomic E-state index is 0.230. The predicted molar refractivity (Wildman–Crippen MR) is 103 cm³/mol. The molecule has 1 aliphatic rings. The number of hydrogen-bond donors (Lipinski definition) is 0. The van der Waals surface area contributed by atoms with Gasteiger partial charge in [0.1, 0.15) is 11.9 Å². The van der Waals surface area contributed by atoms with Crippen molar-refractivity contribution in [1.29, 1.82) is 0 Å². The predicted octanol–water partition coefficient (Wildman–Crippen LogP) is 4.77. The van der Waals surface area contributed by atoms with Crippen molar-refractivity contribution in [3.8, 4) is 23.0 Å². The molecule has 0 aliphatic carbocycles. The van der Waals surface area contributed by atoms with Crippen LogP contribution >= 0.6 is 15.9 Å². The maximum atomic E-state index is 13.5. The van der Waals surface area contributed by atoms with Crippen molar-refractivity contribution in [2.24, 2.45) is 0 Å². The van der Waals surface area contributed by atoms with E-state index < -0.39 is 0 Å². The lowest BCUT2D eigenvalue weighted by Crippen LogP contribution is -2.20. The topological polar surface area (TPSA) is 66.0 Å². The van der Waals surface area contributed by atoms with E-state index in [-0.39, 0.29) is 11.9 Å². The number of ether oxygens (including phenoxy) is 1. The lowest BCUT2D eigenvalue weighted by molar-refractivity contribution is 0.00314. The minimum atomic E-state index is -0.274. The summed E-state index contributed by atoms with van der Waals surface area (Å²) in [5, 5.41) is 4.06. The summed E-state index contributed by atoms with van der Waals surface area (Å²) in [4.78, 5) is 8.92. The standard InChI is InChI=1S/C20H14BrFN4O2/c21-14-6-4-12(5-7-14)19-24-20(28-25-19)18-16-10-27-17(9-26(16)11-23-18)13-2-1-3-15(22)8-13/h1-8,11,17H,9-10H2. The first kappa shape index (κ1) is 17.3. The molecule has 0 spiro atoms. The molecule has 0 saturated carbocycles. The molecule has 1 unspecified atom stereocenters. The van der Waals surface area contributed by atoms with Crippen LogP contribution in [0.5, 0.6) is 0 Å². The Bertz CT molecular complexity index is 1140. The lowest BCUT2D eigenvalue weighted by atomic mass is 10.1. The summed E-state index contributed by atoms with van der Waals surface area (Å²) in [6.45, 7) is 0.867. The Kier molecular flexibility index (Phi) is 4.29. The molecule has 4 aromatic rings. The van der Waals surface area contributed by atoms with Crippen LogP contribution in [0.1, 0.15) is 17.4 Å². The highest BCUT2D eigenvalue weighted by molar-refractivity contribution is 9.10. The maximum Gasteiger partial charge on any atom is 0.278 e. The number of halogens is 2. The summed E-state index contributed by atoms with van der Waals surface area (Å²) < 4.78 is 27.8. The Labute approximate surface area is 168 Å². The van der Waals surface area contributed by atoms with Gasteiger partial charge >= 0.3 is 0 Å². The summed E-state index contributed by atoms with van der Waals surface area (Å²) >= 11 is 3.41. The molecule has 1 aliphatic heterocycles. The molecule has 3 heterocycles. The van der Waals surface area contributed by atoms with Crippen LogP contribution in [0.25, 0.3) is 23.0 Å². The van der Waals surface area contributed by atoms with E-state index in [2.05, 4.69) is 31.1 Å². The van der Waals surface area contributed by atoms with Crippen LogP contribution in [0, 0.1) is 5.82 Å². The molecule has 5 rings (SSSR count). The van der Waals surface area contributed by atoms with Crippen molar-refractivity contribution >= 4 is 15.9 Å². The SMILES string of the molecule is Fc1cccc(C2Cn3cnc(-c4nc(-c5ccc(Br)cc5)no4)c3CO2)c1. The number of benzene rings is 2. The highest BCUT2D eigenvalue weighted by Gasteiger charge is 2.26. The van der Waals surface area contributed by atoms with Gasteiger partial charge in [-0.3, -0.25) is 0 Å². The largest absolute Gasteiger partial charge is 0.365 e. The first-order chi connectivity index (χ1) is 13.7. The van der Waals surface area contributed by atoms with Crippen LogP contribution in [0.2, 0.25) is 0 Å². The van der Waals surface area contributed by atoms with Crippen molar-refractivity contribution in [3.05, 3.63) is 76.4 Å². The molecule has 0 fully saturated rings. The van der Waals surface area contributed by atoms with Crippen LogP contribution < -0.4 is 0 Å². The van der Waals surface area contributed by atoms with Gasteiger partial charge in [-0.2, -0.15) is 4.98 Å². The van der Waals surface area contributed by atoms with E-state index >= 15 is 0 Å². The van der Waals surface area contributed by atoms with Gasteiger partial charge in [-0.15, -0.1) is 0 Å². The van der Waals surface area contributed by atoms with E-state index in [1.54, 1.807) is 12.4 Å². The van der Waals surface area contributed by atoms with Crippen LogP contribution in [0.15, 0.2) is 63.9 Å². The highest BCUT2D eigenvalue weighted by atomic mass is 79.9. The van der Waals surface area contributed by atoms with Gasteiger partial charge in [-0.1, -0.05) is 33.2 Å². The number of hydrogen-bond acceptors (Lipinski definition) is 5. The zero-order valence-electron chi connectivity index (χ0n) is 14.5. The summed E-state index contributed by atoms with van der Waals surface area (Å²) in [6.07, 6.45) is 1.49. The first-order valence-corrected chi connectivity index (χ1v) is 9.48. The number of imidazole rings is 1. The van der Waals surface area contributed by atoms with E-state index in [0.717, 1.165) is 21.3 Å². The van der Waals surface area contributed by atoms with E-state index in [1.165, 1.54) is 12.1 Å². The molecule has 0 bridgehead atoms. The smallest absolute Gasteiger partial charge is 0.278 e. The molecule has 6 nitrogen and oxygen atoms in total. The van der Waals surface area contributed by atoms with Gasteiger partial charge in [-0.25, -0.2) is 9.37 Å². The summed E-state index contributed by atoms with van der Waals surface area (Å²) in [5.74, 6) is 0.572. The molecule has 140 valence electrons. The van der Waals surface area contributed by atoms with Gasteiger partial charge in [0.25, 0.3) is 5.89 Å². The van der Waals surface area contributed by atoms with Crippen LogP contribution in [-0.4, -0.2) is 19.7 Å². The normalized spacial score (nSPS) is 16.1. The molecule has 28 heavy (non-hydrogen) atoms. The average Bonchev–Trinajstić information content (AvgIpc) is 3.35. The summed E-state index contributed by atoms with van der Waals surface area (Å²) in [6, 6.07) is 14.1. The maximum absolute atomic E-state index is 13.5. The van der Waals surface area contributed by atoms with Gasteiger partial charge in [-0.05, 0) is 42.0 Å². The third kappa shape index (κ3) is 3.14. The molecule has 0 amide bonds. The number of fused-ring (bicyclic) bond motifs is 1. The second-order valence-electron chi connectivity index (χ2n) is 6.48. The Morgan fingerprint density at radius 2 is 2.00 bits per heavy atom. The summed E-state index contributed by atoms with van der Waals surface area (Å²) in [5.41, 5.74) is 3.12. The number of nitrogens with zero attached hydrogens (tertiary/aromatic N) is 4. The van der Waals surface area contributed by atoms with Gasteiger partial charge in [0.2, 0.25) is 5.82 Å². The molecule has 0 saturated heterocycles. The molecular formula is C20H14BrFN4O2. The monoisotopic (exact) mass is 440 g/mol. The number of aromatic nitrogens is 4. The fourth-order valence-electron chi connectivity index (χ4n) is 3.25. The minimum Gasteiger partial charge on any atom is -0.365 e. The average molecular weight is 441 g/mol. The van der Waals surface area contributed by atoms with Crippen molar-refractivity contribution in [1.82, 2.24) is 19.7 Å². The van der Waals surface area contributed by atoms with Crippen molar-refractivity contribution in [2.75, 3.05) is 0 Å². The van der Waals surface area contributed by atoms with Gasteiger partial charge in [0.15, 0.2) is 5.69 Å². The zero-order chi connectivity index (χ0) is 19.1. The quantitative estimate of drug-likeness (QED) is 0.458. The van der Waals surface area contributed by atoms with E-state index in [4.69, 9.17) is 9.26 Å². The Balaban J connectivity index is 1.42. The van der Waals surface area contributed by atoms with Gasteiger partial charge in [0, 0.05) is 10.0 Å². The van der Waals surface area contributed by atoms with Crippen molar-refractivity contribution in [2.45, 2.75) is 19.3 Å². The second-order valence-corrected chi connectivity index (χ2v) is 7.39. The fraction of sp³-hybridized carbons (Fsp3) is 0.150. The molecule has 8 heteroatoms. The van der Waals surface area contributed by atoms with E-state index in [9.17, 15) is 4.39 Å². The Morgan fingerprint density at radius 1 is 1.14 bits per heavy atom. The van der Waals surface area contributed by atoms with E-state index in [0.29, 0.717) is 30.6 Å². The molecule has 2 aromatic carbocycles. The first-order valence-electron chi connectivity index (χ1n) is 8.68. The molecule has 2 aromatic heterocycles. The van der Waals surface area contributed by atoms with E-state index in [1.807, 2.05) is 34.9 Å². The van der Waals surface area contributed by atoms with Gasteiger partial charge < -0.3 is 13.8 Å². The Hall–Kier alpha value is -2.84.